The molecule has 12 heteroatoms. The number of amides is 3. The number of ether oxygens (including phenoxy) is 1. The molecule has 3 aromatic rings. The monoisotopic (exact) mass is 555 g/mol. The number of thioether (sulfide) groups is 1. The average Bonchev–Trinajstić information content (AvgIpc) is 3.29. The van der Waals surface area contributed by atoms with Crippen molar-refractivity contribution in [1.29, 1.82) is 0 Å². The quantitative estimate of drug-likeness (QED) is 0.404. The fourth-order valence-corrected chi connectivity index (χ4v) is 6.38. The van der Waals surface area contributed by atoms with E-state index in [-0.39, 0.29) is 29.1 Å². The fraction of sp³-hybridized carbons (Fsp3) is 0.296. The van der Waals surface area contributed by atoms with Gasteiger partial charge in [0.2, 0.25) is 5.91 Å². The number of hydrogen-bond acceptors (Lipinski definition) is 6. The molecule has 6 rings (SSSR count). The SMILES string of the molecule is O=C(NC1CCCNC1)[C@@H]1Sc2nccc3c2C1NC(=O)N3c1ccc(Oc2ccccc2)cc1C(F)(F)F. The van der Waals surface area contributed by atoms with Crippen molar-refractivity contribution in [1.82, 2.24) is 20.9 Å². The number of nitrogens with zero attached hydrogens (tertiary/aromatic N) is 2. The van der Waals surface area contributed by atoms with Crippen LogP contribution < -0.4 is 25.6 Å². The second-order valence-electron chi connectivity index (χ2n) is 9.49. The van der Waals surface area contributed by atoms with Crippen LogP contribution in [0.2, 0.25) is 0 Å². The zero-order valence-corrected chi connectivity index (χ0v) is 21.3. The van der Waals surface area contributed by atoms with Gasteiger partial charge in [-0.1, -0.05) is 30.0 Å². The number of anilines is 2. The first-order valence-corrected chi connectivity index (χ1v) is 13.4. The van der Waals surface area contributed by atoms with E-state index in [0.717, 1.165) is 30.4 Å². The predicted molar refractivity (Wildman–Crippen MR) is 139 cm³/mol. The minimum absolute atomic E-state index is 0.0166. The Balaban J connectivity index is 1.34. The van der Waals surface area contributed by atoms with Gasteiger partial charge in [0.25, 0.3) is 0 Å². The molecule has 39 heavy (non-hydrogen) atoms. The van der Waals surface area contributed by atoms with Crippen molar-refractivity contribution >= 4 is 35.1 Å². The summed E-state index contributed by atoms with van der Waals surface area (Å²) in [7, 11) is 0. The molecule has 3 N–H and O–H groups in total. The Morgan fingerprint density at radius 3 is 2.67 bits per heavy atom. The summed E-state index contributed by atoms with van der Waals surface area (Å²) in [6.45, 7) is 1.56. The lowest BCUT2D eigenvalue weighted by molar-refractivity contribution is -0.137. The summed E-state index contributed by atoms with van der Waals surface area (Å²) in [4.78, 5) is 32.0. The van der Waals surface area contributed by atoms with Crippen LogP contribution in [0.25, 0.3) is 0 Å². The van der Waals surface area contributed by atoms with Crippen molar-refractivity contribution in [2.24, 2.45) is 0 Å². The number of carbonyl (C=O) groups is 2. The summed E-state index contributed by atoms with van der Waals surface area (Å²) >= 11 is 1.21. The third-order valence-electron chi connectivity index (χ3n) is 6.90. The van der Waals surface area contributed by atoms with Gasteiger partial charge in [-0.15, -0.1) is 0 Å². The standard InChI is InChI=1S/C27H24F3N5O3S/c28-27(29,30)18-13-17(38-16-6-2-1-3-7-16)8-9-19(18)35-20-10-12-32-25-21(20)22(34-26(35)37)23(39-25)24(36)33-15-5-4-11-31-14-15/h1-3,6-10,12-13,15,22-23,31H,4-5,11,14H2,(H,33,36)(H,34,37)/t15?,22?,23-/m1/s1. The Labute approximate surface area is 226 Å². The topological polar surface area (TPSA) is 95.6 Å². The van der Waals surface area contributed by atoms with Gasteiger partial charge in [-0.2, -0.15) is 13.2 Å². The fourth-order valence-electron chi connectivity index (χ4n) is 5.15. The minimum Gasteiger partial charge on any atom is -0.457 e. The smallest absolute Gasteiger partial charge is 0.418 e. The van der Waals surface area contributed by atoms with E-state index in [1.807, 2.05) is 0 Å². The second kappa shape index (κ2) is 10.1. The first-order chi connectivity index (χ1) is 18.8. The van der Waals surface area contributed by atoms with Gasteiger partial charge in [0.1, 0.15) is 21.8 Å². The van der Waals surface area contributed by atoms with Crippen molar-refractivity contribution in [3.8, 4) is 11.5 Å². The van der Waals surface area contributed by atoms with Crippen LogP contribution in [-0.2, 0) is 11.0 Å². The van der Waals surface area contributed by atoms with Gasteiger partial charge in [0.15, 0.2) is 0 Å². The molecule has 4 heterocycles. The van der Waals surface area contributed by atoms with Gasteiger partial charge < -0.3 is 20.7 Å². The molecule has 0 saturated carbocycles. The molecular formula is C27H24F3N5O3S. The maximum atomic E-state index is 14.3. The van der Waals surface area contributed by atoms with Crippen LogP contribution in [0.15, 0.2) is 65.8 Å². The second-order valence-corrected chi connectivity index (χ2v) is 10.6. The van der Waals surface area contributed by atoms with E-state index in [1.54, 1.807) is 30.3 Å². The van der Waals surface area contributed by atoms with E-state index in [2.05, 4.69) is 20.9 Å². The zero-order valence-electron chi connectivity index (χ0n) is 20.5. The van der Waals surface area contributed by atoms with Gasteiger partial charge >= 0.3 is 12.2 Å². The first-order valence-electron chi connectivity index (χ1n) is 12.5. The van der Waals surface area contributed by atoms with Gasteiger partial charge in [0.05, 0.1) is 23.0 Å². The molecule has 8 nitrogen and oxygen atoms in total. The van der Waals surface area contributed by atoms with Crippen molar-refractivity contribution in [2.45, 2.75) is 41.4 Å². The lowest BCUT2D eigenvalue weighted by Crippen LogP contribution is -2.52. The van der Waals surface area contributed by atoms with Gasteiger partial charge in [0, 0.05) is 24.3 Å². The van der Waals surface area contributed by atoms with Crippen molar-refractivity contribution < 1.29 is 27.5 Å². The van der Waals surface area contributed by atoms with Crippen molar-refractivity contribution in [2.75, 3.05) is 18.0 Å². The lowest BCUT2D eigenvalue weighted by Gasteiger charge is -2.35. The summed E-state index contributed by atoms with van der Waals surface area (Å²) in [6.07, 6.45) is -1.54. The van der Waals surface area contributed by atoms with E-state index < -0.39 is 29.1 Å². The Hall–Kier alpha value is -3.77. The zero-order chi connectivity index (χ0) is 27.1. The number of urea groups is 1. The van der Waals surface area contributed by atoms with Crippen molar-refractivity contribution in [3.05, 3.63) is 71.9 Å². The molecule has 3 atom stereocenters. The number of piperidine rings is 1. The number of halogens is 3. The lowest BCUT2D eigenvalue weighted by atomic mass is 9.98. The molecule has 0 aliphatic carbocycles. The molecule has 1 fully saturated rings. The molecule has 0 radical (unpaired) electrons. The number of pyridine rings is 1. The first kappa shape index (κ1) is 25.5. The predicted octanol–water partition coefficient (Wildman–Crippen LogP) is 5.14. The number of para-hydroxylation sites is 1. The number of benzene rings is 2. The summed E-state index contributed by atoms with van der Waals surface area (Å²) in [5.41, 5.74) is -0.585. The highest BCUT2D eigenvalue weighted by Gasteiger charge is 2.48. The summed E-state index contributed by atoms with van der Waals surface area (Å²) < 4.78 is 48.5. The van der Waals surface area contributed by atoms with Gasteiger partial charge in [-0.3, -0.25) is 9.69 Å². The van der Waals surface area contributed by atoms with E-state index in [1.165, 1.54) is 36.2 Å². The number of aromatic nitrogens is 1. The average molecular weight is 556 g/mol. The summed E-state index contributed by atoms with van der Waals surface area (Å²) in [5, 5.41) is 8.87. The number of hydrogen-bond donors (Lipinski definition) is 3. The minimum atomic E-state index is -4.77. The number of alkyl halides is 3. The van der Waals surface area contributed by atoms with Crippen LogP contribution in [0.4, 0.5) is 29.3 Å². The Bertz CT molecular complexity index is 1420. The molecule has 0 spiro atoms. The molecule has 202 valence electrons. The third-order valence-corrected chi connectivity index (χ3v) is 8.19. The van der Waals surface area contributed by atoms with Gasteiger partial charge in [-0.25, -0.2) is 9.78 Å². The summed E-state index contributed by atoms with van der Waals surface area (Å²) in [6, 6.07) is 12.0. The maximum Gasteiger partial charge on any atom is 0.418 e. The molecular weight excluding hydrogens is 531 g/mol. The maximum absolute atomic E-state index is 14.3. The number of carbonyl (C=O) groups excluding carboxylic acids is 2. The normalized spacial score (nSPS) is 22.2. The molecule has 2 unspecified atom stereocenters. The highest BCUT2D eigenvalue weighted by atomic mass is 32.2. The molecule has 3 aliphatic rings. The molecule has 1 saturated heterocycles. The third kappa shape index (κ3) is 4.89. The molecule has 3 aliphatic heterocycles. The summed E-state index contributed by atoms with van der Waals surface area (Å²) in [5.74, 6) is 0.126. The van der Waals surface area contributed by atoms with Crippen LogP contribution in [-0.4, -0.2) is 41.3 Å². The van der Waals surface area contributed by atoms with Crippen LogP contribution in [0.5, 0.6) is 11.5 Å². The Morgan fingerprint density at radius 1 is 1.10 bits per heavy atom. The van der Waals surface area contributed by atoms with Crippen LogP contribution in [0, 0.1) is 0 Å². The highest BCUT2D eigenvalue weighted by Crippen LogP contribution is 2.52. The van der Waals surface area contributed by atoms with Gasteiger partial charge in [-0.05, 0) is 55.8 Å². The van der Waals surface area contributed by atoms with E-state index in [0.29, 0.717) is 22.9 Å². The Morgan fingerprint density at radius 2 is 1.92 bits per heavy atom. The number of rotatable bonds is 5. The largest absolute Gasteiger partial charge is 0.457 e. The van der Waals surface area contributed by atoms with E-state index in [4.69, 9.17) is 4.74 Å². The molecule has 2 aromatic carbocycles. The Kier molecular flexibility index (Phi) is 6.59. The highest BCUT2D eigenvalue weighted by molar-refractivity contribution is 8.01. The number of nitrogens with one attached hydrogen (secondary N) is 3. The van der Waals surface area contributed by atoms with E-state index >= 15 is 0 Å². The van der Waals surface area contributed by atoms with Crippen LogP contribution in [0.3, 0.4) is 0 Å². The van der Waals surface area contributed by atoms with Crippen molar-refractivity contribution in [3.63, 3.8) is 0 Å². The molecule has 0 bridgehead atoms. The van der Waals surface area contributed by atoms with Crippen LogP contribution in [0.1, 0.15) is 30.0 Å². The molecule has 1 aromatic heterocycles. The van der Waals surface area contributed by atoms with Crippen LogP contribution >= 0.6 is 11.8 Å². The van der Waals surface area contributed by atoms with E-state index in [9.17, 15) is 22.8 Å². The molecule has 3 amide bonds.